The van der Waals surface area contributed by atoms with Crippen LogP contribution in [0.5, 0.6) is 0 Å². The molecular weight excluding hydrogens is 182 g/mol. The Kier molecular flexibility index (Phi) is 2.65. The van der Waals surface area contributed by atoms with E-state index in [-0.39, 0.29) is 0 Å². The van der Waals surface area contributed by atoms with Crippen molar-refractivity contribution in [1.29, 1.82) is 0 Å². The minimum absolute atomic E-state index is 0.775. The number of hydrogen-bond acceptors (Lipinski definition) is 1. The van der Waals surface area contributed by atoms with Gasteiger partial charge < -0.3 is 0 Å². The fourth-order valence-corrected chi connectivity index (χ4v) is 1.81. The molecule has 0 unspecified atom stereocenters. The largest absolute Gasteiger partial charge is 0.257 e. The molecule has 1 aliphatic carbocycles. The van der Waals surface area contributed by atoms with Crippen LogP contribution in [0.3, 0.4) is 0 Å². The predicted octanol–water partition coefficient (Wildman–Crippen LogP) is 3.69. The Bertz CT molecular complexity index is 331. The molecule has 0 N–H and O–H groups in total. The van der Waals surface area contributed by atoms with Gasteiger partial charge in [-0.15, -0.1) is 0 Å². The lowest BCUT2D eigenvalue weighted by Crippen LogP contribution is -1.93. The Morgan fingerprint density at radius 1 is 1.31 bits per heavy atom. The van der Waals surface area contributed by atoms with E-state index in [1.807, 2.05) is 12.1 Å². The van der Waals surface area contributed by atoms with E-state index in [0.29, 0.717) is 0 Å². The lowest BCUT2D eigenvalue weighted by atomic mass is 9.97. The van der Waals surface area contributed by atoms with E-state index in [4.69, 9.17) is 11.6 Å². The van der Waals surface area contributed by atoms with Gasteiger partial charge in [0.25, 0.3) is 0 Å². The molecule has 13 heavy (non-hydrogen) atoms. The van der Waals surface area contributed by atoms with Gasteiger partial charge in [0.05, 0.1) is 5.69 Å². The van der Waals surface area contributed by atoms with Crippen LogP contribution in [0.1, 0.15) is 31.4 Å². The summed E-state index contributed by atoms with van der Waals surface area (Å²) >= 11 is 5.90. The van der Waals surface area contributed by atoms with Gasteiger partial charge in [0, 0.05) is 11.2 Å². The molecular formula is C11H12ClN. The van der Waals surface area contributed by atoms with Crippen molar-refractivity contribution >= 4 is 17.2 Å². The Labute approximate surface area is 83.4 Å². The Morgan fingerprint density at radius 3 is 2.92 bits per heavy atom. The zero-order valence-electron chi connectivity index (χ0n) is 7.46. The van der Waals surface area contributed by atoms with Gasteiger partial charge >= 0.3 is 0 Å². The van der Waals surface area contributed by atoms with Crippen LogP contribution in [-0.2, 0) is 0 Å². The fraction of sp³-hybridized carbons (Fsp3) is 0.364. The van der Waals surface area contributed by atoms with Crippen molar-refractivity contribution in [3.8, 4) is 0 Å². The summed E-state index contributed by atoms with van der Waals surface area (Å²) in [6, 6.07) is 3.76. The number of hydrogen-bond donors (Lipinski definition) is 0. The van der Waals surface area contributed by atoms with Crippen LogP contribution in [0.15, 0.2) is 24.4 Å². The highest BCUT2D eigenvalue weighted by Crippen LogP contribution is 2.26. The van der Waals surface area contributed by atoms with Crippen LogP contribution in [0, 0.1) is 0 Å². The lowest BCUT2D eigenvalue weighted by Gasteiger charge is -2.11. The second-order valence-electron chi connectivity index (χ2n) is 3.33. The van der Waals surface area contributed by atoms with Gasteiger partial charge in [0.15, 0.2) is 0 Å². The second kappa shape index (κ2) is 3.93. The number of halogens is 1. The van der Waals surface area contributed by atoms with Gasteiger partial charge in [-0.2, -0.15) is 0 Å². The third-order valence-corrected chi connectivity index (χ3v) is 2.58. The van der Waals surface area contributed by atoms with E-state index in [1.54, 1.807) is 6.20 Å². The minimum Gasteiger partial charge on any atom is -0.257 e. The number of allylic oxidation sites excluding steroid dienone is 2. The molecule has 0 spiro atoms. The van der Waals surface area contributed by atoms with Gasteiger partial charge in [-0.25, -0.2) is 0 Å². The molecule has 0 bridgehead atoms. The molecule has 0 atom stereocenters. The minimum atomic E-state index is 0.775. The first kappa shape index (κ1) is 8.76. The third kappa shape index (κ3) is 2.10. The molecule has 1 aliphatic rings. The van der Waals surface area contributed by atoms with E-state index in [2.05, 4.69) is 11.1 Å². The number of rotatable bonds is 1. The van der Waals surface area contributed by atoms with E-state index < -0.39 is 0 Å². The highest BCUT2D eigenvalue weighted by atomic mass is 35.5. The summed E-state index contributed by atoms with van der Waals surface area (Å²) in [5, 5.41) is 0.775. The van der Waals surface area contributed by atoms with Crippen LogP contribution >= 0.6 is 11.6 Å². The second-order valence-corrected chi connectivity index (χ2v) is 3.77. The zero-order valence-corrected chi connectivity index (χ0v) is 8.22. The first-order valence-corrected chi connectivity index (χ1v) is 5.05. The fourth-order valence-electron chi connectivity index (χ4n) is 1.65. The van der Waals surface area contributed by atoms with Crippen LogP contribution in [-0.4, -0.2) is 4.98 Å². The normalized spacial score (nSPS) is 16.8. The summed E-state index contributed by atoms with van der Waals surface area (Å²) in [5.41, 5.74) is 2.40. The zero-order chi connectivity index (χ0) is 9.10. The number of nitrogens with zero attached hydrogens (tertiary/aromatic N) is 1. The smallest absolute Gasteiger partial charge is 0.0673 e. The van der Waals surface area contributed by atoms with E-state index in [1.165, 1.54) is 24.8 Å². The summed E-state index contributed by atoms with van der Waals surface area (Å²) in [6.45, 7) is 0. The molecule has 1 nitrogen and oxygen atoms in total. The van der Waals surface area contributed by atoms with E-state index in [0.717, 1.165) is 17.1 Å². The maximum atomic E-state index is 5.90. The quantitative estimate of drug-likeness (QED) is 0.663. The average Bonchev–Trinajstić information content (AvgIpc) is 2.19. The molecule has 0 radical (unpaired) electrons. The molecule has 0 amide bonds. The number of pyridine rings is 1. The van der Waals surface area contributed by atoms with Gasteiger partial charge in [0.1, 0.15) is 0 Å². The topological polar surface area (TPSA) is 12.9 Å². The van der Waals surface area contributed by atoms with Crippen molar-refractivity contribution in [3.63, 3.8) is 0 Å². The van der Waals surface area contributed by atoms with Crippen LogP contribution < -0.4 is 0 Å². The third-order valence-electron chi connectivity index (χ3n) is 2.34. The molecule has 2 rings (SSSR count). The molecule has 0 aliphatic heterocycles. The monoisotopic (exact) mass is 193 g/mol. The maximum absolute atomic E-state index is 5.90. The van der Waals surface area contributed by atoms with Crippen molar-refractivity contribution in [2.24, 2.45) is 0 Å². The van der Waals surface area contributed by atoms with E-state index in [9.17, 15) is 0 Å². The van der Waals surface area contributed by atoms with Crippen LogP contribution in [0.4, 0.5) is 0 Å². The highest BCUT2D eigenvalue weighted by Gasteiger charge is 2.06. The summed E-state index contributed by atoms with van der Waals surface area (Å²) < 4.78 is 0. The summed E-state index contributed by atoms with van der Waals surface area (Å²) in [6.07, 6.45) is 8.97. The average molecular weight is 194 g/mol. The molecule has 0 saturated heterocycles. The summed E-state index contributed by atoms with van der Waals surface area (Å²) in [7, 11) is 0. The Morgan fingerprint density at radius 2 is 2.23 bits per heavy atom. The standard InChI is InChI=1S/C11H12ClN/c12-10-6-7-13-11(8-10)9-4-2-1-3-5-9/h4,6-8H,1-3,5H2. The highest BCUT2D eigenvalue weighted by molar-refractivity contribution is 6.30. The van der Waals surface area contributed by atoms with Crippen molar-refractivity contribution in [3.05, 3.63) is 35.1 Å². The lowest BCUT2D eigenvalue weighted by molar-refractivity contribution is 0.740. The SMILES string of the molecule is Clc1ccnc(C2=CCCCC2)c1. The van der Waals surface area contributed by atoms with Crippen LogP contribution in [0.25, 0.3) is 5.57 Å². The van der Waals surface area contributed by atoms with Crippen molar-refractivity contribution in [2.45, 2.75) is 25.7 Å². The first-order valence-electron chi connectivity index (χ1n) is 4.67. The van der Waals surface area contributed by atoms with Crippen molar-refractivity contribution in [1.82, 2.24) is 4.98 Å². The molecule has 0 fully saturated rings. The van der Waals surface area contributed by atoms with Gasteiger partial charge in [0.2, 0.25) is 0 Å². The predicted molar refractivity (Wildman–Crippen MR) is 55.7 cm³/mol. The Balaban J connectivity index is 2.29. The first-order chi connectivity index (χ1) is 6.36. The van der Waals surface area contributed by atoms with Crippen molar-refractivity contribution in [2.75, 3.05) is 0 Å². The molecule has 0 saturated carbocycles. The molecule has 68 valence electrons. The number of aromatic nitrogens is 1. The molecule has 1 aromatic rings. The molecule has 1 aromatic heterocycles. The van der Waals surface area contributed by atoms with E-state index >= 15 is 0 Å². The van der Waals surface area contributed by atoms with Crippen LogP contribution in [0.2, 0.25) is 5.02 Å². The molecule has 0 aromatic carbocycles. The molecule has 2 heteroatoms. The molecule has 1 heterocycles. The van der Waals surface area contributed by atoms with Gasteiger partial charge in [-0.1, -0.05) is 17.7 Å². The van der Waals surface area contributed by atoms with Gasteiger partial charge in [-0.05, 0) is 43.4 Å². The summed E-state index contributed by atoms with van der Waals surface area (Å²) in [4.78, 5) is 4.31. The van der Waals surface area contributed by atoms with Gasteiger partial charge in [-0.3, -0.25) is 4.98 Å². The summed E-state index contributed by atoms with van der Waals surface area (Å²) in [5.74, 6) is 0. The maximum Gasteiger partial charge on any atom is 0.0673 e. The van der Waals surface area contributed by atoms with Crippen molar-refractivity contribution < 1.29 is 0 Å². The Hall–Kier alpha value is -0.820.